The van der Waals surface area contributed by atoms with Crippen LogP contribution in [0.2, 0.25) is 0 Å². The van der Waals surface area contributed by atoms with Crippen LogP contribution in [-0.2, 0) is 11.3 Å². The molecule has 1 atom stereocenters. The lowest BCUT2D eigenvalue weighted by Gasteiger charge is -2.23. The Morgan fingerprint density at radius 2 is 2.24 bits per heavy atom. The number of para-hydroxylation sites is 2. The van der Waals surface area contributed by atoms with Gasteiger partial charge < -0.3 is 14.8 Å². The van der Waals surface area contributed by atoms with Crippen molar-refractivity contribution in [3.63, 3.8) is 0 Å². The van der Waals surface area contributed by atoms with E-state index in [2.05, 4.69) is 10.3 Å². The van der Waals surface area contributed by atoms with Crippen molar-refractivity contribution >= 4 is 16.9 Å². The minimum absolute atomic E-state index is 0.210. The molecular formula is C16H20N4O. The summed E-state index contributed by atoms with van der Waals surface area (Å²) in [6, 6.07) is 7.95. The molecule has 2 saturated heterocycles. The Bertz CT molecular complexity index is 672. The number of imidazole rings is 1. The maximum atomic E-state index is 12.6. The SMILES string of the molecule is O=C(Cn1cnc2ccccc21)N1CCC2(CCNC2)C1. The second kappa shape index (κ2) is 4.84. The number of aromatic nitrogens is 2. The van der Waals surface area contributed by atoms with Crippen LogP contribution in [0.25, 0.3) is 11.0 Å². The predicted octanol–water partition coefficient (Wildman–Crippen LogP) is 1.25. The van der Waals surface area contributed by atoms with E-state index in [1.165, 1.54) is 6.42 Å². The van der Waals surface area contributed by atoms with Crippen LogP contribution < -0.4 is 5.32 Å². The lowest BCUT2D eigenvalue weighted by atomic mass is 9.87. The maximum Gasteiger partial charge on any atom is 0.242 e. The first-order valence-electron chi connectivity index (χ1n) is 7.64. The fourth-order valence-corrected chi connectivity index (χ4v) is 3.67. The molecule has 2 aliphatic heterocycles. The molecule has 0 bridgehead atoms. The number of nitrogens with one attached hydrogen (secondary N) is 1. The number of carbonyl (C=O) groups is 1. The topological polar surface area (TPSA) is 50.2 Å². The van der Waals surface area contributed by atoms with E-state index in [0.29, 0.717) is 12.0 Å². The van der Waals surface area contributed by atoms with Gasteiger partial charge in [-0.15, -0.1) is 0 Å². The van der Waals surface area contributed by atoms with Crippen LogP contribution in [0.4, 0.5) is 0 Å². The summed E-state index contributed by atoms with van der Waals surface area (Å²) in [6.45, 7) is 4.35. The van der Waals surface area contributed by atoms with E-state index < -0.39 is 0 Å². The fourth-order valence-electron chi connectivity index (χ4n) is 3.67. The van der Waals surface area contributed by atoms with Gasteiger partial charge in [-0.3, -0.25) is 4.79 Å². The van der Waals surface area contributed by atoms with Crippen LogP contribution in [0.3, 0.4) is 0 Å². The lowest BCUT2D eigenvalue weighted by Crippen LogP contribution is -2.35. The van der Waals surface area contributed by atoms with Crippen LogP contribution in [0, 0.1) is 5.41 Å². The molecule has 2 fully saturated rings. The molecule has 4 rings (SSSR count). The summed E-state index contributed by atoms with van der Waals surface area (Å²) in [4.78, 5) is 18.9. The molecule has 1 N–H and O–H groups in total. The molecule has 1 amide bonds. The van der Waals surface area contributed by atoms with Crippen LogP contribution in [0.15, 0.2) is 30.6 Å². The van der Waals surface area contributed by atoms with E-state index in [-0.39, 0.29) is 5.91 Å². The van der Waals surface area contributed by atoms with Gasteiger partial charge in [-0.2, -0.15) is 0 Å². The Morgan fingerprint density at radius 1 is 1.33 bits per heavy atom. The second-order valence-corrected chi connectivity index (χ2v) is 6.35. The summed E-state index contributed by atoms with van der Waals surface area (Å²) in [5, 5.41) is 3.43. The quantitative estimate of drug-likeness (QED) is 0.903. The van der Waals surface area contributed by atoms with Crippen molar-refractivity contribution in [3.05, 3.63) is 30.6 Å². The number of hydrogen-bond acceptors (Lipinski definition) is 3. The summed E-state index contributed by atoms with van der Waals surface area (Å²) in [7, 11) is 0. The summed E-state index contributed by atoms with van der Waals surface area (Å²) in [5.41, 5.74) is 2.32. The molecular weight excluding hydrogens is 264 g/mol. The highest BCUT2D eigenvalue weighted by Crippen LogP contribution is 2.36. The van der Waals surface area contributed by atoms with E-state index in [9.17, 15) is 4.79 Å². The van der Waals surface area contributed by atoms with E-state index in [0.717, 1.165) is 43.6 Å². The van der Waals surface area contributed by atoms with Crippen molar-refractivity contribution in [2.45, 2.75) is 19.4 Å². The van der Waals surface area contributed by atoms with Crippen LogP contribution in [-0.4, -0.2) is 46.5 Å². The Labute approximate surface area is 123 Å². The molecule has 2 aliphatic rings. The minimum Gasteiger partial charge on any atom is -0.341 e. The summed E-state index contributed by atoms with van der Waals surface area (Å²) < 4.78 is 1.95. The molecule has 2 aromatic rings. The van der Waals surface area contributed by atoms with Gasteiger partial charge in [0, 0.05) is 25.0 Å². The van der Waals surface area contributed by atoms with Gasteiger partial charge in [0.1, 0.15) is 6.54 Å². The number of nitrogens with zero attached hydrogens (tertiary/aromatic N) is 3. The third-order valence-corrected chi connectivity index (χ3v) is 4.96. The zero-order valence-electron chi connectivity index (χ0n) is 12.1. The van der Waals surface area contributed by atoms with Gasteiger partial charge >= 0.3 is 0 Å². The van der Waals surface area contributed by atoms with E-state index >= 15 is 0 Å². The van der Waals surface area contributed by atoms with Crippen molar-refractivity contribution in [1.29, 1.82) is 0 Å². The van der Waals surface area contributed by atoms with Crippen LogP contribution in [0.1, 0.15) is 12.8 Å². The first-order chi connectivity index (χ1) is 10.3. The molecule has 1 aromatic heterocycles. The number of carbonyl (C=O) groups excluding carboxylic acids is 1. The summed E-state index contributed by atoms with van der Waals surface area (Å²) in [6.07, 6.45) is 4.10. The first kappa shape index (κ1) is 12.8. The fraction of sp³-hybridized carbons (Fsp3) is 0.500. The van der Waals surface area contributed by atoms with Crippen molar-refractivity contribution in [3.8, 4) is 0 Å². The number of amides is 1. The molecule has 0 aliphatic carbocycles. The number of hydrogen-bond donors (Lipinski definition) is 1. The van der Waals surface area contributed by atoms with Crippen molar-refractivity contribution in [2.75, 3.05) is 26.2 Å². The number of benzene rings is 1. The number of likely N-dealkylation sites (tertiary alicyclic amines) is 1. The van der Waals surface area contributed by atoms with Crippen molar-refractivity contribution < 1.29 is 4.79 Å². The normalized spacial score (nSPS) is 25.2. The first-order valence-corrected chi connectivity index (χ1v) is 7.64. The molecule has 5 heteroatoms. The van der Waals surface area contributed by atoms with Crippen LogP contribution >= 0.6 is 0 Å². The Morgan fingerprint density at radius 3 is 3.10 bits per heavy atom. The third kappa shape index (κ3) is 2.21. The van der Waals surface area contributed by atoms with Gasteiger partial charge in [-0.05, 0) is 31.5 Å². The van der Waals surface area contributed by atoms with Gasteiger partial charge in [-0.1, -0.05) is 12.1 Å². The largest absolute Gasteiger partial charge is 0.341 e. The third-order valence-electron chi connectivity index (χ3n) is 4.96. The number of fused-ring (bicyclic) bond motifs is 1. The molecule has 0 saturated carbocycles. The van der Waals surface area contributed by atoms with E-state index in [4.69, 9.17) is 0 Å². The Hall–Kier alpha value is -1.88. The molecule has 21 heavy (non-hydrogen) atoms. The summed E-state index contributed by atoms with van der Waals surface area (Å²) >= 11 is 0. The van der Waals surface area contributed by atoms with Gasteiger partial charge in [0.25, 0.3) is 0 Å². The molecule has 1 unspecified atom stereocenters. The molecule has 1 spiro atoms. The molecule has 3 heterocycles. The zero-order chi connectivity index (χ0) is 14.3. The van der Waals surface area contributed by atoms with Crippen LogP contribution in [0.5, 0.6) is 0 Å². The van der Waals surface area contributed by atoms with E-state index in [1.54, 1.807) is 6.33 Å². The predicted molar refractivity (Wildman–Crippen MR) is 80.8 cm³/mol. The summed E-state index contributed by atoms with van der Waals surface area (Å²) in [5.74, 6) is 0.210. The molecule has 0 radical (unpaired) electrons. The maximum absolute atomic E-state index is 12.6. The van der Waals surface area contributed by atoms with Crippen molar-refractivity contribution in [1.82, 2.24) is 19.8 Å². The molecule has 5 nitrogen and oxygen atoms in total. The lowest BCUT2D eigenvalue weighted by molar-refractivity contribution is -0.131. The van der Waals surface area contributed by atoms with Gasteiger partial charge in [-0.25, -0.2) is 4.98 Å². The highest BCUT2D eigenvalue weighted by Gasteiger charge is 2.41. The van der Waals surface area contributed by atoms with Gasteiger partial charge in [0.15, 0.2) is 0 Å². The number of rotatable bonds is 2. The average molecular weight is 284 g/mol. The standard InChI is InChI=1S/C16H20N4O/c21-15(19-8-6-16(11-19)5-7-17-10-16)9-20-12-18-13-3-1-2-4-14(13)20/h1-4,12,17H,5-11H2. The molecule has 110 valence electrons. The smallest absolute Gasteiger partial charge is 0.242 e. The Kier molecular flexibility index (Phi) is 2.96. The highest BCUT2D eigenvalue weighted by atomic mass is 16.2. The minimum atomic E-state index is 0.210. The monoisotopic (exact) mass is 284 g/mol. The average Bonchev–Trinajstić information content (AvgIpc) is 3.22. The Balaban J connectivity index is 1.49. The highest BCUT2D eigenvalue weighted by molar-refractivity contribution is 5.80. The molecule has 1 aromatic carbocycles. The van der Waals surface area contributed by atoms with Gasteiger partial charge in [0.2, 0.25) is 5.91 Å². The van der Waals surface area contributed by atoms with E-state index in [1.807, 2.05) is 33.7 Å². The van der Waals surface area contributed by atoms with Gasteiger partial charge in [0.05, 0.1) is 17.4 Å². The second-order valence-electron chi connectivity index (χ2n) is 6.35. The van der Waals surface area contributed by atoms with Crippen molar-refractivity contribution in [2.24, 2.45) is 5.41 Å². The zero-order valence-corrected chi connectivity index (χ0v) is 12.1.